The van der Waals surface area contributed by atoms with Gasteiger partial charge >= 0.3 is 12.1 Å². The number of carboxylic acid groups (broad SMARTS) is 1. The summed E-state index contributed by atoms with van der Waals surface area (Å²) in [5.74, 6) is 3.34. The zero-order valence-electron chi connectivity index (χ0n) is 16.7. The Balaban J connectivity index is 1.92. The molecule has 0 aliphatic heterocycles. The van der Waals surface area contributed by atoms with Crippen molar-refractivity contribution in [3.8, 4) is 17.6 Å². The Hall–Kier alpha value is -3.14. The smallest absolute Gasteiger partial charge is 0.458 e. The first-order chi connectivity index (χ1) is 14.2. The first-order valence-corrected chi connectivity index (χ1v) is 9.58. The number of unbranched alkanes of at least 4 members (excludes halogenated alkanes) is 2. The Morgan fingerprint density at radius 2 is 1.77 bits per heavy atom. The Labute approximate surface area is 174 Å². The van der Waals surface area contributed by atoms with Crippen LogP contribution in [0.5, 0.6) is 5.75 Å². The minimum atomic E-state index is -4.50. The monoisotopic (exact) mass is 419 g/mol. The van der Waals surface area contributed by atoms with E-state index in [-0.39, 0.29) is 6.42 Å². The van der Waals surface area contributed by atoms with Gasteiger partial charge in [0.1, 0.15) is 5.75 Å². The molecule has 0 fully saturated rings. The molecule has 0 spiro atoms. The summed E-state index contributed by atoms with van der Waals surface area (Å²) in [5, 5.41) is 8.65. The van der Waals surface area contributed by atoms with Gasteiger partial charge in [0.05, 0.1) is 6.61 Å². The number of para-hydroxylation sites is 1. The molecule has 0 aliphatic rings. The summed E-state index contributed by atoms with van der Waals surface area (Å²) in [4.78, 5) is 12.5. The average Bonchev–Trinajstić information content (AvgIpc) is 2.69. The van der Waals surface area contributed by atoms with Crippen LogP contribution in [0.1, 0.15) is 36.8 Å². The van der Waals surface area contributed by atoms with Crippen molar-refractivity contribution in [2.45, 2.75) is 38.4 Å². The highest BCUT2D eigenvalue weighted by Crippen LogP contribution is 2.23. The predicted octanol–water partition coefficient (Wildman–Crippen LogP) is 5.26. The second-order valence-corrected chi connectivity index (χ2v) is 6.81. The quantitative estimate of drug-likeness (QED) is 0.422. The van der Waals surface area contributed by atoms with Gasteiger partial charge in [-0.2, -0.15) is 13.2 Å². The molecule has 1 N–H and O–H groups in total. The number of hydrogen-bond acceptors (Lipinski definition) is 3. The summed E-state index contributed by atoms with van der Waals surface area (Å²) in [7, 11) is 1.89. The van der Waals surface area contributed by atoms with Crippen LogP contribution in [0, 0.1) is 11.8 Å². The van der Waals surface area contributed by atoms with E-state index in [9.17, 15) is 18.0 Å². The molecule has 0 amide bonds. The van der Waals surface area contributed by atoms with E-state index >= 15 is 0 Å². The fourth-order valence-corrected chi connectivity index (χ4v) is 2.80. The number of benzene rings is 2. The molecular formula is C23H24F3NO3. The number of carbonyl (C=O) groups is 1. The van der Waals surface area contributed by atoms with Crippen LogP contribution in [-0.4, -0.2) is 30.9 Å². The number of ether oxygens (including phenoxy) is 1. The van der Waals surface area contributed by atoms with Gasteiger partial charge < -0.3 is 14.7 Å². The van der Waals surface area contributed by atoms with Gasteiger partial charge in [0.2, 0.25) is 0 Å². The fourth-order valence-electron chi connectivity index (χ4n) is 2.80. The van der Waals surface area contributed by atoms with Gasteiger partial charge in [-0.05, 0) is 49.6 Å². The van der Waals surface area contributed by atoms with Gasteiger partial charge in [0, 0.05) is 42.7 Å². The molecule has 7 heteroatoms. The summed E-state index contributed by atoms with van der Waals surface area (Å²) in [5.41, 5.74) is 2.12. The van der Waals surface area contributed by atoms with E-state index in [4.69, 9.17) is 9.84 Å². The van der Waals surface area contributed by atoms with Crippen molar-refractivity contribution in [3.05, 3.63) is 59.7 Å². The fraction of sp³-hybridized carbons (Fsp3) is 0.348. The van der Waals surface area contributed by atoms with E-state index in [1.54, 1.807) is 24.3 Å². The lowest BCUT2D eigenvalue weighted by Crippen LogP contribution is -2.17. The number of aliphatic carboxylic acids is 1. The third-order valence-corrected chi connectivity index (χ3v) is 4.33. The Kier molecular flexibility index (Phi) is 8.60. The maximum atomic E-state index is 12.2. The number of nitrogens with zero attached hydrogens (tertiary/aromatic N) is 1. The lowest BCUT2D eigenvalue weighted by Gasteiger charge is -2.21. The van der Waals surface area contributed by atoms with Crippen molar-refractivity contribution in [1.29, 1.82) is 0 Å². The zero-order chi connectivity index (χ0) is 22.0. The summed E-state index contributed by atoms with van der Waals surface area (Å²) in [6.07, 6.45) is -2.14. The number of anilines is 1. The van der Waals surface area contributed by atoms with Crippen LogP contribution in [-0.2, 0) is 11.3 Å². The third-order valence-electron chi connectivity index (χ3n) is 4.33. The topological polar surface area (TPSA) is 49.8 Å². The average molecular weight is 419 g/mol. The van der Waals surface area contributed by atoms with Gasteiger partial charge in [-0.25, -0.2) is 0 Å². The molecular weight excluding hydrogens is 395 g/mol. The van der Waals surface area contributed by atoms with E-state index < -0.39 is 12.1 Å². The molecule has 0 unspecified atom stereocenters. The van der Waals surface area contributed by atoms with Gasteiger partial charge in [-0.3, -0.25) is 4.79 Å². The van der Waals surface area contributed by atoms with Crippen LogP contribution in [0.4, 0.5) is 18.9 Å². The molecule has 30 heavy (non-hydrogen) atoms. The molecule has 4 nitrogen and oxygen atoms in total. The molecule has 2 rings (SSSR count). The Bertz CT molecular complexity index is 883. The highest BCUT2D eigenvalue weighted by atomic mass is 19.4. The first-order valence-electron chi connectivity index (χ1n) is 9.58. The third kappa shape index (κ3) is 8.48. The second-order valence-electron chi connectivity index (χ2n) is 6.81. The largest absolute Gasteiger partial charge is 0.493 e. The highest BCUT2D eigenvalue weighted by Gasteiger charge is 2.22. The Morgan fingerprint density at radius 3 is 2.43 bits per heavy atom. The molecule has 0 saturated heterocycles. The van der Waals surface area contributed by atoms with Gasteiger partial charge in [-0.15, -0.1) is 0 Å². The van der Waals surface area contributed by atoms with Crippen LogP contribution in [0.25, 0.3) is 0 Å². The molecule has 160 valence electrons. The normalized spacial score (nSPS) is 10.8. The summed E-state index contributed by atoms with van der Waals surface area (Å²) >= 11 is 0. The molecule has 0 bridgehead atoms. The Morgan fingerprint density at radius 1 is 1.07 bits per heavy atom. The molecule has 0 saturated carbocycles. The first kappa shape index (κ1) is 23.1. The molecule has 0 aliphatic carbocycles. The van der Waals surface area contributed by atoms with Crippen LogP contribution in [0.2, 0.25) is 0 Å². The number of hydrogen-bond donors (Lipinski definition) is 1. The van der Waals surface area contributed by atoms with Crippen molar-refractivity contribution in [1.82, 2.24) is 0 Å². The molecule has 0 atom stereocenters. The molecule has 2 aromatic carbocycles. The molecule has 2 aromatic rings. The number of carboxylic acids is 1. The van der Waals surface area contributed by atoms with Crippen molar-refractivity contribution in [2.24, 2.45) is 0 Å². The van der Waals surface area contributed by atoms with E-state index in [1.807, 2.05) is 36.2 Å². The van der Waals surface area contributed by atoms with E-state index in [2.05, 4.69) is 5.92 Å². The van der Waals surface area contributed by atoms with Crippen molar-refractivity contribution in [2.75, 3.05) is 18.6 Å². The van der Waals surface area contributed by atoms with Crippen molar-refractivity contribution in [3.63, 3.8) is 0 Å². The van der Waals surface area contributed by atoms with Crippen LogP contribution in [0.15, 0.2) is 48.5 Å². The molecule has 0 aromatic heterocycles. The highest BCUT2D eigenvalue weighted by molar-refractivity contribution is 5.66. The molecule has 0 radical (unpaired) electrons. The zero-order valence-corrected chi connectivity index (χ0v) is 16.7. The van der Waals surface area contributed by atoms with Crippen molar-refractivity contribution >= 4 is 11.7 Å². The summed E-state index contributed by atoms with van der Waals surface area (Å²) in [6, 6.07) is 14.2. The minimum Gasteiger partial charge on any atom is -0.493 e. The maximum absolute atomic E-state index is 12.2. The number of halogens is 3. The summed E-state index contributed by atoms with van der Waals surface area (Å²) in [6.45, 7) is 1.07. The maximum Gasteiger partial charge on any atom is 0.458 e. The van der Waals surface area contributed by atoms with Crippen molar-refractivity contribution < 1.29 is 27.8 Å². The molecule has 0 heterocycles. The standard InChI is InChI=1S/C23H24F3NO3/c1-27(20-12-10-18(11-13-20)14-15-23(24,25)26)17-19-7-4-5-8-21(19)30-16-6-2-3-9-22(28)29/h4-5,7-8,10-13H,2-3,6,9,16-17H2,1H3,(H,28,29). The van der Waals surface area contributed by atoms with Crippen LogP contribution >= 0.6 is 0 Å². The second kappa shape index (κ2) is 11.1. The lowest BCUT2D eigenvalue weighted by molar-refractivity contribution is -0.137. The predicted molar refractivity (Wildman–Crippen MR) is 110 cm³/mol. The van der Waals surface area contributed by atoms with Crippen LogP contribution < -0.4 is 9.64 Å². The minimum absolute atomic E-state index is 0.169. The van der Waals surface area contributed by atoms with E-state index in [0.717, 1.165) is 29.8 Å². The summed E-state index contributed by atoms with van der Waals surface area (Å²) < 4.78 is 42.4. The van der Waals surface area contributed by atoms with E-state index in [0.29, 0.717) is 25.1 Å². The lowest BCUT2D eigenvalue weighted by atomic mass is 10.1. The van der Waals surface area contributed by atoms with E-state index in [1.165, 1.54) is 5.92 Å². The van der Waals surface area contributed by atoms with Gasteiger partial charge in [0.15, 0.2) is 0 Å². The van der Waals surface area contributed by atoms with Crippen LogP contribution in [0.3, 0.4) is 0 Å². The van der Waals surface area contributed by atoms with Gasteiger partial charge in [-0.1, -0.05) is 24.1 Å². The SMILES string of the molecule is CN(Cc1ccccc1OCCCCCC(=O)O)c1ccc(C#CC(F)(F)F)cc1. The number of rotatable bonds is 10. The van der Waals surface area contributed by atoms with Gasteiger partial charge in [0.25, 0.3) is 0 Å². The number of alkyl halides is 3.